The zero-order valence-corrected chi connectivity index (χ0v) is 53.9. The molecule has 0 spiro atoms. The first-order chi connectivity index (χ1) is 45.2. The van der Waals surface area contributed by atoms with Crippen molar-refractivity contribution in [2.24, 2.45) is 55.1 Å². The predicted octanol–water partition coefficient (Wildman–Crippen LogP) is -4.72. The van der Waals surface area contributed by atoms with Crippen LogP contribution in [-0.2, 0) is 67.2 Å². The molecule has 0 bridgehead atoms. The van der Waals surface area contributed by atoms with Gasteiger partial charge in [-0.1, -0.05) is 91.0 Å². The number of carboxylic acid groups (broad SMARTS) is 1. The largest absolute Gasteiger partial charge is 0.480 e. The Bertz CT molecular complexity index is 3170. The average molecular weight is 1320 g/mol. The molecule has 0 aromatic heterocycles. The van der Waals surface area contributed by atoms with Gasteiger partial charge in [-0.2, -0.15) is 0 Å². The van der Waals surface area contributed by atoms with Crippen LogP contribution in [0.25, 0.3) is 0 Å². The molecule has 9 amide bonds. The Hall–Kier alpha value is -9.95. The molecule has 2 aliphatic rings. The molecule has 518 valence electrons. The van der Waals surface area contributed by atoms with Gasteiger partial charge in [0.15, 0.2) is 17.9 Å². The lowest BCUT2D eigenvalue weighted by Gasteiger charge is -2.36. The Balaban J connectivity index is 1.33. The fourth-order valence-electron chi connectivity index (χ4n) is 11.2. The van der Waals surface area contributed by atoms with Crippen LogP contribution in [0.5, 0.6) is 0 Å². The molecule has 10 atom stereocenters. The number of nitrogens with two attached hydrogens (primary N) is 7. The van der Waals surface area contributed by atoms with Crippen molar-refractivity contribution in [3.8, 4) is 0 Å². The minimum atomic E-state index is -1.73. The van der Waals surface area contributed by atoms with E-state index in [9.17, 15) is 58.5 Å². The van der Waals surface area contributed by atoms with Gasteiger partial charge in [-0.15, -0.1) is 0 Å². The van der Waals surface area contributed by atoms with E-state index in [0.717, 1.165) is 19.6 Å². The Kier molecular flexibility index (Phi) is 30.0. The predicted molar refractivity (Wildman–Crippen MR) is 352 cm³/mol. The number of aliphatic imine (C=N–C) groups is 3. The monoisotopic (exact) mass is 1320 g/mol. The molecule has 1 unspecified atom stereocenters. The molecule has 3 aromatic carbocycles. The Morgan fingerprint density at radius 1 is 0.568 bits per heavy atom. The second kappa shape index (κ2) is 37.7. The van der Waals surface area contributed by atoms with E-state index in [1.165, 1.54) is 26.0 Å². The Morgan fingerprint density at radius 2 is 1.01 bits per heavy atom. The molecule has 95 heavy (non-hydrogen) atoms. The van der Waals surface area contributed by atoms with Gasteiger partial charge in [0.1, 0.15) is 48.3 Å². The summed E-state index contributed by atoms with van der Waals surface area (Å²) in [4.78, 5) is 159. The van der Waals surface area contributed by atoms with Crippen molar-refractivity contribution in [2.75, 3.05) is 67.0 Å². The molecule has 3 aromatic rings. The van der Waals surface area contributed by atoms with Crippen LogP contribution < -0.4 is 61.4 Å². The number of hydrogen-bond acceptors (Lipinski definition) is 16. The lowest BCUT2D eigenvalue weighted by atomic mass is 9.99. The number of rotatable bonds is 36. The van der Waals surface area contributed by atoms with Gasteiger partial charge in [-0.05, 0) is 68.1 Å². The lowest BCUT2D eigenvalue weighted by Crippen LogP contribution is -2.61. The third-order valence-corrected chi connectivity index (χ3v) is 16.5. The van der Waals surface area contributed by atoms with E-state index in [-0.39, 0.29) is 115 Å². The maximum Gasteiger partial charge on any atom is 0.326 e. The average Bonchev–Trinajstić information content (AvgIpc) is 1.77. The first-order valence-corrected chi connectivity index (χ1v) is 31.4. The molecule has 2 fully saturated rings. The number of nitrogens with one attached hydrogen (secondary N) is 4. The van der Waals surface area contributed by atoms with Gasteiger partial charge < -0.3 is 101 Å². The van der Waals surface area contributed by atoms with Crippen LogP contribution in [0, 0.1) is 0 Å². The zero-order chi connectivity index (χ0) is 69.9. The van der Waals surface area contributed by atoms with E-state index in [1.807, 2.05) is 0 Å². The van der Waals surface area contributed by atoms with E-state index in [4.69, 9.17) is 40.1 Å². The number of nitrogens with zero attached hydrogens (tertiary/aromatic N) is 8. The highest BCUT2D eigenvalue weighted by Gasteiger charge is 2.46. The number of aliphatic hydroxyl groups excluding tert-OH is 2. The quantitative estimate of drug-likeness (QED) is 0.0148. The first kappa shape index (κ1) is 75.8. The highest BCUT2D eigenvalue weighted by molar-refractivity contribution is 5.98. The van der Waals surface area contributed by atoms with Gasteiger partial charge >= 0.3 is 5.97 Å². The van der Waals surface area contributed by atoms with Gasteiger partial charge in [0.05, 0.1) is 25.3 Å². The van der Waals surface area contributed by atoms with E-state index in [2.05, 4.69) is 36.2 Å². The fourth-order valence-corrected chi connectivity index (χ4v) is 11.2. The maximum atomic E-state index is 15.1. The van der Waals surface area contributed by atoms with Gasteiger partial charge in [0.2, 0.25) is 53.2 Å². The number of aliphatic hydroxyl groups is 2. The van der Waals surface area contributed by atoms with Crippen molar-refractivity contribution in [1.82, 2.24) is 45.8 Å². The summed E-state index contributed by atoms with van der Waals surface area (Å²) in [5.41, 5.74) is 40.6. The molecule has 21 N–H and O–H groups in total. The van der Waals surface area contributed by atoms with E-state index >= 15 is 4.79 Å². The van der Waals surface area contributed by atoms with Crippen LogP contribution in [0.3, 0.4) is 0 Å². The number of benzene rings is 3. The molecule has 2 saturated heterocycles. The van der Waals surface area contributed by atoms with Gasteiger partial charge in [-0.25, -0.2) is 4.79 Å². The van der Waals surface area contributed by atoms with Crippen LogP contribution in [0.1, 0.15) is 74.5 Å². The molecule has 32 nitrogen and oxygen atoms in total. The summed E-state index contributed by atoms with van der Waals surface area (Å²) >= 11 is 0. The van der Waals surface area contributed by atoms with Crippen molar-refractivity contribution in [3.05, 3.63) is 108 Å². The maximum absolute atomic E-state index is 15.1. The summed E-state index contributed by atoms with van der Waals surface area (Å²) in [5.74, 6) is -8.81. The minimum Gasteiger partial charge on any atom is -0.480 e. The molecule has 0 saturated carbocycles. The highest BCUT2D eigenvalue weighted by Crippen LogP contribution is 2.27. The molecule has 2 heterocycles. The van der Waals surface area contributed by atoms with Crippen LogP contribution in [0.4, 0.5) is 0 Å². The summed E-state index contributed by atoms with van der Waals surface area (Å²) in [6, 6.07) is 13.9. The normalized spacial score (nSPS) is 17.2. The summed E-state index contributed by atoms with van der Waals surface area (Å²) in [6.45, 7) is -1.47. The third kappa shape index (κ3) is 23.2. The summed E-state index contributed by atoms with van der Waals surface area (Å²) in [6.07, 6.45) is -0.216. The lowest BCUT2D eigenvalue weighted by molar-refractivity contribution is -0.150. The molecular formula is C63H93N19O13. The Labute approximate surface area is 551 Å². The molecule has 0 radical (unpaired) electrons. The number of carboxylic acids is 1. The number of guanidine groups is 3. The molecule has 0 aliphatic carbocycles. The van der Waals surface area contributed by atoms with Gasteiger partial charge in [0, 0.05) is 79.6 Å². The fraction of sp³-hybridized carbons (Fsp3) is 0.508. The highest BCUT2D eigenvalue weighted by atomic mass is 16.4. The van der Waals surface area contributed by atoms with E-state index in [1.54, 1.807) is 91.0 Å². The summed E-state index contributed by atoms with van der Waals surface area (Å²) in [5, 5.41) is 42.3. The van der Waals surface area contributed by atoms with Crippen molar-refractivity contribution >= 4 is 77.0 Å². The number of carbonyl (C=O) groups excluding carboxylic acids is 9. The van der Waals surface area contributed by atoms with Crippen molar-refractivity contribution in [2.45, 2.75) is 138 Å². The second-order valence-electron chi connectivity index (χ2n) is 23.5. The van der Waals surface area contributed by atoms with E-state index < -0.39 is 133 Å². The number of carbonyl (C=O) groups is 10. The van der Waals surface area contributed by atoms with Crippen LogP contribution in [-0.4, -0.2) is 244 Å². The third-order valence-electron chi connectivity index (χ3n) is 16.5. The standard InChI is InChI=1S/C63H93N19O13/c1-78(51(85)35-74-53(87)49-34-41(84)36-82(49)59(93)46-26-16-30-81(46)57(91)43(24-14-28-72-62(67)68)75-52(86)42(64)23-13-27-71-61(65)66)47(31-38-17-7-4-8-18-38)54(88)77-45(37-83)56(90)80(3)50(33-40-21-11-6-12-22-40)58(92)79(2)48(32-39-19-9-5-10-20-39)55(89)76-44(60(94)95)25-15-29-73-63(69)70/h4-12,17-22,41-50,83-84H,13-16,23-37,64H2,1-3H3,(H,74,87)(H,75,86)(H,76,89)(H,77,88)(H,94,95)(H4,65,66,71)(H4,67,68,72)(H4,69,70,73)/t41?,42-,43+,44+,45+,46+,47+,48+,49+,50-/m1/s1. The van der Waals surface area contributed by atoms with E-state index in [0.29, 0.717) is 29.5 Å². The second-order valence-corrected chi connectivity index (χ2v) is 23.5. The summed E-state index contributed by atoms with van der Waals surface area (Å²) < 4.78 is 0. The minimum absolute atomic E-state index is 0.0602. The topological polar surface area (TPSA) is 515 Å². The number of hydrogen-bond donors (Lipinski definition) is 14. The number of aliphatic carboxylic acids is 1. The van der Waals surface area contributed by atoms with Crippen molar-refractivity contribution < 1.29 is 63.3 Å². The van der Waals surface area contributed by atoms with Crippen LogP contribution >= 0.6 is 0 Å². The first-order valence-electron chi connectivity index (χ1n) is 31.4. The zero-order valence-electron chi connectivity index (χ0n) is 53.9. The number of β-amino-alcohol motifs (C(OH)–C–C–N with tert-alkyl or cyclic N) is 1. The SMILES string of the molecule is CN(C(=O)[C@H](CO)NC(=O)[C@H](Cc1ccccc1)N(C)C(=O)CNC(=O)[C@@H]1CC(O)CN1C(=O)[C@@H]1CCCN1C(=O)[C@H](CCCN=C(N)N)NC(=O)[C@H](N)CCCN=C(N)N)[C@H](Cc1ccccc1)C(=O)N(C)[C@@H](Cc1ccccc1)C(=O)N[C@@H](CCCN=C(N)N)C(=O)O. The van der Waals surface area contributed by atoms with Gasteiger partial charge in [-0.3, -0.25) is 58.1 Å². The van der Waals surface area contributed by atoms with Crippen molar-refractivity contribution in [3.63, 3.8) is 0 Å². The molecule has 2 aliphatic heterocycles. The van der Waals surface area contributed by atoms with Crippen LogP contribution in [0.2, 0.25) is 0 Å². The summed E-state index contributed by atoms with van der Waals surface area (Å²) in [7, 11) is 3.93. The number of amides is 9. The smallest absolute Gasteiger partial charge is 0.326 e. The number of likely N-dealkylation sites (tertiary alicyclic amines) is 2. The Morgan fingerprint density at radius 3 is 1.49 bits per heavy atom. The van der Waals surface area contributed by atoms with Gasteiger partial charge in [0.25, 0.3) is 0 Å². The van der Waals surface area contributed by atoms with Crippen molar-refractivity contribution in [1.29, 1.82) is 0 Å². The molecular weight excluding hydrogens is 1230 g/mol. The van der Waals surface area contributed by atoms with Crippen LogP contribution in [0.15, 0.2) is 106 Å². The number of likely N-dealkylation sites (N-methyl/N-ethyl adjacent to an activating group) is 3. The molecule has 32 heteroatoms. The molecule has 5 rings (SSSR count).